The topological polar surface area (TPSA) is 61.7 Å². The third kappa shape index (κ3) is 11.6. The van der Waals surface area contributed by atoms with Crippen molar-refractivity contribution < 1.29 is 28.1 Å². The standard InChI is InChI=1S/C8H16F3NO3/c9-8(10,11)6-15-3-1-2-12-4-7(14)5-13/h7,12-14H,1-6H2. The van der Waals surface area contributed by atoms with Crippen LogP contribution in [-0.2, 0) is 4.74 Å². The van der Waals surface area contributed by atoms with Crippen LogP contribution in [-0.4, -0.2) is 55.4 Å². The molecule has 15 heavy (non-hydrogen) atoms. The highest BCUT2D eigenvalue weighted by molar-refractivity contribution is 4.56. The van der Waals surface area contributed by atoms with Gasteiger partial charge in [-0.3, -0.25) is 0 Å². The van der Waals surface area contributed by atoms with Crippen LogP contribution in [0.15, 0.2) is 0 Å². The van der Waals surface area contributed by atoms with Crippen molar-refractivity contribution in [3.05, 3.63) is 0 Å². The van der Waals surface area contributed by atoms with Crippen molar-refractivity contribution in [2.45, 2.75) is 18.7 Å². The summed E-state index contributed by atoms with van der Waals surface area (Å²) in [4.78, 5) is 0. The lowest BCUT2D eigenvalue weighted by molar-refractivity contribution is -0.173. The fourth-order valence-electron chi connectivity index (χ4n) is 0.820. The van der Waals surface area contributed by atoms with Crippen LogP contribution in [0.1, 0.15) is 6.42 Å². The van der Waals surface area contributed by atoms with Crippen LogP contribution >= 0.6 is 0 Å². The molecule has 1 unspecified atom stereocenters. The van der Waals surface area contributed by atoms with E-state index in [2.05, 4.69) is 10.1 Å². The highest BCUT2D eigenvalue weighted by Gasteiger charge is 2.27. The van der Waals surface area contributed by atoms with Gasteiger partial charge in [-0.05, 0) is 13.0 Å². The molecule has 0 aliphatic rings. The summed E-state index contributed by atoms with van der Waals surface area (Å²) >= 11 is 0. The lowest BCUT2D eigenvalue weighted by Gasteiger charge is -2.09. The van der Waals surface area contributed by atoms with Gasteiger partial charge in [-0.1, -0.05) is 0 Å². The molecule has 0 aliphatic heterocycles. The SMILES string of the molecule is OCC(O)CNCCCOCC(F)(F)F. The zero-order valence-electron chi connectivity index (χ0n) is 8.26. The Hall–Kier alpha value is -0.370. The lowest BCUT2D eigenvalue weighted by atomic mass is 10.3. The van der Waals surface area contributed by atoms with E-state index in [4.69, 9.17) is 10.2 Å². The molecule has 0 aromatic heterocycles. The Morgan fingerprint density at radius 1 is 1.33 bits per heavy atom. The van der Waals surface area contributed by atoms with Crippen LogP contribution in [0, 0.1) is 0 Å². The van der Waals surface area contributed by atoms with Crippen LogP contribution in [0.4, 0.5) is 13.2 Å². The smallest absolute Gasteiger partial charge is 0.394 e. The predicted octanol–water partition coefficient (Wildman–Crippen LogP) is -0.102. The number of hydrogen-bond donors (Lipinski definition) is 3. The molecule has 0 aromatic rings. The fourth-order valence-corrected chi connectivity index (χ4v) is 0.820. The number of aliphatic hydroxyl groups is 2. The minimum Gasteiger partial charge on any atom is -0.394 e. The molecule has 0 heterocycles. The minimum absolute atomic E-state index is 0.0156. The Bertz CT molecular complexity index is 155. The third-order valence-electron chi connectivity index (χ3n) is 1.50. The Balaban J connectivity index is 3.12. The Morgan fingerprint density at radius 2 is 2.00 bits per heavy atom. The largest absolute Gasteiger partial charge is 0.411 e. The summed E-state index contributed by atoms with van der Waals surface area (Å²) < 4.78 is 39.1. The van der Waals surface area contributed by atoms with E-state index in [0.29, 0.717) is 13.0 Å². The number of nitrogens with one attached hydrogen (secondary N) is 1. The van der Waals surface area contributed by atoms with Crippen molar-refractivity contribution in [2.75, 3.05) is 32.9 Å². The summed E-state index contributed by atoms with van der Waals surface area (Å²) in [7, 11) is 0. The van der Waals surface area contributed by atoms with Gasteiger partial charge in [0.2, 0.25) is 0 Å². The van der Waals surface area contributed by atoms with E-state index in [1.54, 1.807) is 0 Å². The summed E-state index contributed by atoms with van der Waals surface area (Å²) in [5, 5.41) is 20.1. The van der Waals surface area contributed by atoms with Crippen LogP contribution in [0.5, 0.6) is 0 Å². The van der Waals surface area contributed by atoms with Gasteiger partial charge in [0.15, 0.2) is 0 Å². The monoisotopic (exact) mass is 231 g/mol. The maximum atomic E-state index is 11.6. The second kappa shape index (κ2) is 7.86. The molecule has 1 atom stereocenters. The van der Waals surface area contributed by atoms with Gasteiger partial charge in [0.05, 0.1) is 12.7 Å². The third-order valence-corrected chi connectivity index (χ3v) is 1.50. The van der Waals surface area contributed by atoms with Gasteiger partial charge in [0, 0.05) is 13.2 Å². The average Bonchev–Trinajstić information content (AvgIpc) is 2.14. The zero-order chi connectivity index (χ0) is 11.7. The van der Waals surface area contributed by atoms with Gasteiger partial charge < -0.3 is 20.3 Å². The van der Waals surface area contributed by atoms with Gasteiger partial charge in [0.25, 0.3) is 0 Å². The maximum Gasteiger partial charge on any atom is 0.411 e. The Kier molecular flexibility index (Phi) is 7.67. The fraction of sp³-hybridized carbons (Fsp3) is 1.00. The Labute approximate surface area is 86.0 Å². The van der Waals surface area contributed by atoms with Gasteiger partial charge >= 0.3 is 6.18 Å². The molecule has 0 rings (SSSR count). The molecule has 7 heteroatoms. The van der Waals surface area contributed by atoms with Crippen molar-refractivity contribution in [3.8, 4) is 0 Å². The average molecular weight is 231 g/mol. The maximum absolute atomic E-state index is 11.6. The predicted molar refractivity (Wildman–Crippen MR) is 47.5 cm³/mol. The quantitative estimate of drug-likeness (QED) is 0.510. The van der Waals surface area contributed by atoms with E-state index in [1.165, 1.54) is 0 Å². The van der Waals surface area contributed by atoms with Crippen LogP contribution in [0.2, 0.25) is 0 Å². The molecule has 0 saturated carbocycles. The first-order chi connectivity index (χ1) is 6.95. The summed E-state index contributed by atoms with van der Waals surface area (Å²) in [6, 6.07) is 0. The van der Waals surface area contributed by atoms with Crippen LogP contribution in [0.25, 0.3) is 0 Å². The van der Waals surface area contributed by atoms with E-state index in [0.717, 1.165) is 0 Å². The summed E-state index contributed by atoms with van der Waals surface area (Å²) in [6.07, 6.45) is -4.68. The number of alkyl halides is 3. The summed E-state index contributed by atoms with van der Waals surface area (Å²) in [5.41, 5.74) is 0. The first-order valence-electron chi connectivity index (χ1n) is 4.60. The Morgan fingerprint density at radius 3 is 2.53 bits per heavy atom. The lowest BCUT2D eigenvalue weighted by Crippen LogP contribution is -2.30. The van der Waals surface area contributed by atoms with E-state index in [-0.39, 0.29) is 19.8 Å². The number of ether oxygens (including phenoxy) is 1. The van der Waals surface area contributed by atoms with Crippen molar-refractivity contribution in [2.24, 2.45) is 0 Å². The highest BCUT2D eigenvalue weighted by Crippen LogP contribution is 2.14. The van der Waals surface area contributed by atoms with Crippen molar-refractivity contribution in [1.82, 2.24) is 5.32 Å². The van der Waals surface area contributed by atoms with Crippen LogP contribution in [0.3, 0.4) is 0 Å². The van der Waals surface area contributed by atoms with Gasteiger partial charge in [-0.2, -0.15) is 13.2 Å². The first-order valence-corrected chi connectivity index (χ1v) is 4.60. The first kappa shape index (κ1) is 14.6. The molecular weight excluding hydrogens is 215 g/mol. The van der Waals surface area contributed by atoms with Gasteiger partial charge in [-0.25, -0.2) is 0 Å². The summed E-state index contributed by atoms with van der Waals surface area (Å²) in [5.74, 6) is 0. The molecule has 0 bridgehead atoms. The molecule has 0 amide bonds. The number of rotatable bonds is 8. The summed E-state index contributed by atoms with van der Waals surface area (Å²) in [6.45, 7) is -0.893. The molecule has 4 nitrogen and oxygen atoms in total. The molecule has 0 fully saturated rings. The molecule has 0 spiro atoms. The number of halogens is 3. The van der Waals surface area contributed by atoms with E-state index < -0.39 is 18.9 Å². The number of hydrogen-bond acceptors (Lipinski definition) is 4. The second-order valence-corrected chi connectivity index (χ2v) is 3.06. The molecule has 92 valence electrons. The van der Waals surface area contributed by atoms with E-state index >= 15 is 0 Å². The molecule has 0 saturated heterocycles. The van der Waals surface area contributed by atoms with Gasteiger partial charge in [-0.15, -0.1) is 0 Å². The highest BCUT2D eigenvalue weighted by atomic mass is 19.4. The van der Waals surface area contributed by atoms with Gasteiger partial charge in [0.1, 0.15) is 6.61 Å². The minimum atomic E-state index is -4.28. The zero-order valence-corrected chi connectivity index (χ0v) is 8.26. The van der Waals surface area contributed by atoms with Crippen molar-refractivity contribution in [1.29, 1.82) is 0 Å². The van der Waals surface area contributed by atoms with Crippen LogP contribution < -0.4 is 5.32 Å². The normalized spacial score (nSPS) is 14.2. The molecule has 0 aromatic carbocycles. The number of aliphatic hydroxyl groups excluding tert-OH is 2. The molecule has 3 N–H and O–H groups in total. The second-order valence-electron chi connectivity index (χ2n) is 3.06. The molecule has 0 aliphatic carbocycles. The van der Waals surface area contributed by atoms with Crippen molar-refractivity contribution >= 4 is 0 Å². The molecular formula is C8H16F3NO3. The van der Waals surface area contributed by atoms with E-state index in [1.807, 2.05) is 0 Å². The van der Waals surface area contributed by atoms with E-state index in [9.17, 15) is 13.2 Å². The molecule has 0 radical (unpaired) electrons. The van der Waals surface area contributed by atoms with Crippen molar-refractivity contribution in [3.63, 3.8) is 0 Å².